The third-order valence-corrected chi connectivity index (χ3v) is 3.98. The number of hydrogen-bond donors (Lipinski definition) is 2. The summed E-state index contributed by atoms with van der Waals surface area (Å²) in [6.07, 6.45) is 0.824. The Balaban J connectivity index is 1.66. The summed E-state index contributed by atoms with van der Waals surface area (Å²) in [6.45, 7) is 6.20. The highest BCUT2D eigenvalue weighted by Crippen LogP contribution is 2.18. The molecule has 3 N–H and O–H groups in total. The molecule has 0 aliphatic heterocycles. The van der Waals surface area contributed by atoms with Crippen LogP contribution < -0.4 is 15.8 Å². The van der Waals surface area contributed by atoms with E-state index in [1.54, 1.807) is 7.11 Å². The van der Waals surface area contributed by atoms with E-state index in [1.165, 1.54) is 5.56 Å². The maximum Gasteiger partial charge on any atom is 0.193 e. The summed E-state index contributed by atoms with van der Waals surface area (Å²) in [5, 5.41) is 3.14. The molecule has 2 rings (SSSR count). The van der Waals surface area contributed by atoms with E-state index in [4.69, 9.17) is 15.2 Å². The predicted molar refractivity (Wildman–Crippen MR) is 108 cm³/mol. The second kappa shape index (κ2) is 10.5. The van der Waals surface area contributed by atoms with E-state index in [0.717, 1.165) is 23.4 Å². The molecule has 0 amide bonds. The molecule has 2 aromatic carbocycles. The molecule has 5 nitrogen and oxygen atoms in total. The van der Waals surface area contributed by atoms with Crippen molar-refractivity contribution in [2.75, 3.05) is 25.6 Å². The molecule has 5 heteroatoms. The van der Waals surface area contributed by atoms with Gasteiger partial charge in [0.2, 0.25) is 0 Å². The summed E-state index contributed by atoms with van der Waals surface area (Å²) < 4.78 is 10.8. The van der Waals surface area contributed by atoms with Gasteiger partial charge in [-0.2, -0.15) is 0 Å². The number of nitrogens with one attached hydrogen (secondary N) is 1. The van der Waals surface area contributed by atoms with Crippen LogP contribution in [0.3, 0.4) is 0 Å². The first-order valence-electron chi connectivity index (χ1n) is 8.96. The van der Waals surface area contributed by atoms with Crippen molar-refractivity contribution >= 4 is 11.6 Å². The zero-order valence-corrected chi connectivity index (χ0v) is 15.9. The Morgan fingerprint density at radius 1 is 1.15 bits per heavy atom. The van der Waals surface area contributed by atoms with Gasteiger partial charge in [-0.1, -0.05) is 38.1 Å². The Kier molecular flexibility index (Phi) is 7.96. The molecule has 140 valence electrons. The van der Waals surface area contributed by atoms with E-state index >= 15 is 0 Å². The molecule has 0 aromatic heterocycles. The average Bonchev–Trinajstić information content (AvgIpc) is 2.65. The number of guanidine groups is 1. The first-order chi connectivity index (χ1) is 12.6. The molecule has 0 aliphatic rings. The minimum atomic E-state index is 0.432. The normalized spacial score (nSPS) is 11.6. The van der Waals surface area contributed by atoms with E-state index in [9.17, 15) is 0 Å². The fourth-order valence-corrected chi connectivity index (χ4v) is 2.44. The van der Waals surface area contributed by atoms with Crippen LogP contribution in [0, 0.1) is 0 Å². The van der Waals surface area contributed by atoms with Crippen LogP contribution in [0.2, 0.25) is 0 Å². The van der Waals surface area contributed by atoms with Crippen molar-refractivity contribution in [3.05, 3.63) is 59.7 Å². The highest BCUT2D eigenvalue weighted by molar-refractivity contribution is 5.92. The second-order valence-corrected chi connectivity index (χ2v) is 6.43. The number of aliphatic imine (C=N–C) groups is 1. The molecule has 0 fully saturated rings. The molecule has 0 atom stereocenters. The highest BCUT2D eigenvalue weighted by atomic mass is 16.5. The van der Waals surface area contributed by atoms with Crippen molar-refractivity contribution in [2.24, 2.45) is 10.7 Å². The summed E-state index contributed by atoms with van der Waals surface area (Å²) in [7, 11) is 1.66. The van der Waals surface area contributed by atoms with Crippen LogP contribution in [0.4, 0.5) is 5.69 Å². The van der Waals surface area contributed by atoms with Gasteiger partial charge in [0.1, 0.15) is 5.75 Å². The van der Waals surface area contributed by atoms with Crippen LogP contribution in [-0.4, -0.2) is 26.2 Å². The van der Waals surface area contributed by atoms with E-state index < -0.39 is 0 Å². The SMILES string of the molecule is COc1ccc(COCCCN=C(N)Nc2cccc(C(C)C)c2)cc1. The minimum Gasteiger partial charge on any atom is -0.497 e. The van der Waals surface area contributed by atoms with Gasteiger partial charge < -0.3 is 20.5 Å². The van der Waals surface area contributed by atoms with Crippen molar-refractivity contribution in [1.82, 2.24) is 0 Å². The van der Waals surface area contributed by atoms with Crippen molar-refractivity contribution in [3.63, 3.8) is 0 Å². The van der Waals surface area contributed by atoms with Crippen LogP contribution in [0.5, 0.6) is 5.75 Å². The number of anilines is 1. The fraction of sp³-hybridized carbons (Fsp3) is 0.381. The van der Waals surface area contributed by atoms with Crippen LogP contribution in [0.25, 0.3) is 0 Å². The number of hydrogen-bond acceptors (Lipinski definition) is 3. The molecule has 0 saturated heterocycles. The predicted octanol–water partition coefficient (Wildman–Crippen LogP) is 4.15. The summed E-state index contributed by atoms with van der Waals surface area (Å²) in [4.78, 5) is 4.35. The molecule has 0 bridgehead atoms. The van der Waals surface area contributed by atoms with E-state index in [1.807, 2.05) is 36.4 Å². The second-order valence-electron chi connectivity index (χ2n) is 6.43. The standard InChI is InChI=1S/C21H29N3O2/c1-16(2)18-6-4-7-19(14-18)24-21(22)23-12-5-13-26-15-17-8-10-20(25-3)11-9-17/h4,6-11,14,16H,5,12-13,15H2,1-3H3,(H3,22,23,24). The maximum absolute atomic E-state index is 5.95. The van der Waals surface area contributed by atoms with Gasteiger partial charge in [0.25, 0.3) is 0 Å². The van der Waals surface area contributed by atoms with Gasteiger partial charge in [-0.05, 0) is 47.7 Å². The first-order valence-corrected chi connectivity index (χ1v) is 8.96. The van der Waals surface area contributed by atoms with Crippen molar-refractivity contribution < 1.29 is 9.47 Å². The lowest BCUT2D eigenvalue weighted by Crippen LogP contribution is -2.23. The number of benzene rings is 2. The topological polar surface area (TPSA) is 68.9 Å². The molecule has 26 heavy (non-hydrogen) atoms. The van der Waals surface area contributed by atoms with Crippen molar-refractivity contribution in [2.45, 2.75) is 32.8 Å². The smallest absolute Gasteiger partial charge is 0.193 e. The number of nitrogens with two attached hydrogens (primary N) is 1. The lowest BCUT2D eigenvalue weighted by molar-refractivity contribution is 0.120. The third-order valence-electron chi connectivity index (χ3n) is 3.98. The highest BCUT2D eigenvalue weighted by Gasteiger charge is 2.01. The zero-order valence-electron chi connectivity index (χ0n) is 15.9. The average molecular weight is 355 g/mol. The van der Waals surface area contributed by atoms with Crippen LogP contribution in [0.1, 0.15) is 37.3 Å². The van der Waals surface area contributed by atoms with Crippen molar-refractivity contribution in [1.29, 1.82) is 0 Å². The molecule has 0 saturated carbocycles. The number of ether oxygens (including phenoxy) is 2. The number of methoxy groups -OCH3 is 1. The Bertz CT molecular complexity index is 697. The van der Waals surface area contributed by atoms with Gasteiger partial charge >= 0.3 is 0 Å². The maximum atomic E-state index is 5.95. The van der Waals surface area contributed by atoms with Gasteiger partial charge in [-0.25, -0.2) is 0 Å². The first kappa shape index (κ1) is 19.8. The molecular formula is C21H29N3O2. The lowest BCUT2D eigenvalue weighted by atomic mass is 10.0. The summed E-state index contributed by atoms with van der Waals surface area (Å²) in [5.74, 6) is 1.77. The van der Waals surface area contributed by atoms with E-state index in [0.29, 0.717) is 31.6 Å². The quantitative estimate of drug-likeness (QED) is 0.403. The van der Waals surface area contributed by atoms with E-state index in [-0.39, 0.29) is 0 Å². The Hall–Kier alpha value is -2.53. The van der Waals surface area contributed by atoms with Crippen LogP contribution in [0.15, 0.2) is 53.5 Å². The molecule has 0 aliphatic carbocycles. The Labute approximate surface area is 156 Å². The summed E-state index contributed by atoms with van der Waals surface area (Å²) >= 11 is 0. The zero-order chi connectivity index (χ0) is 18.8. The van der Waals surface area contributed by atoms with Gasteiger partial charge in [0, 0.05) is 18.8 Å². The number of nitrogens with zero attached hydrogens (tertiary/aromatic N) is 1. The van der Waals surface area contributed by atoms with Gasteiger partial charge in [0.05, 0.1) is 13.7 Å². The molecular weight excluding hydrogens is 326 g/mol. The molecule has 0 radical (unpaired) electrons. The van der Waals surface area contributed by atoms with Gasteiger partial charge in [-0.15, -0.1) is 0 Å². The molecule has 0 heterocycles. The summed E-state index contributed by atoms with van der Waals surface area (Å²) in [5.41, 5.74) is 9.32. The minimum absolute atomic E-state index is 0.432. The Morgan fingerprint density at radius 2 is 1.92 bits per heavy atom. The van der Waals surface area contributed by atoms with Crippen molar-refractivity contribution in [3.8, 4) is 5.75 Å². The molecule has 2 aromatic rings. The largest absolute Gasteiger partial charge is 0.497 e. The number of rotatable bonds is 9. The van der Waals surface area contributed by atoms with Gasteiger partial charge in [0.15, 0.2) is 5.96 Å². The third kappa shape index (κ3) is 6.76. The lowest BCUT2D eigenvalue weighted by Gasteiger charge is -2.10. The molecule has 0 unspecified atom stereocenters. The monoisotopic (exact) mass is 355 g/mol. The van der Waals surface area contributed by atoms with Crippen LogP contribution >= 0.6 is 0 Å². The fourth-order valence-electron chi connectivity index (χ4n) is 2.44. The van der Waals surface area contributed by atoms with Gasteiger partial charge in [-0.3, -0.25) is 4.99 Å². The van der Waals surface area contributed by atoms with E-state index in [2.05, 4.69) is 36.3 Å². The summed E-state index contributed by atoms with van der Waals surface area (Å²) in [6, 6.07) is 16.1. The molecule has 0 spiro atoms. The van der Waals surface area contributed by atoms with Crippen LogP contribution in [-0.2, 0) is 11.3 Å². The Morgan fingerprint density at radius 3 is 2.62 bits per heavy atom.